The zero-order chi connectivity index (χ0) is 24.4. The van der Waals surface area contributed by atoms with E-state index in [9.17, 15) is 9.59 Å². The molecule has 10 heteroatoms. The van der Waals surface area contributed by atoms with E-state index < -0.39 is 5.91 Å². The third kappa shape index (κ3) is 4.58. The number of nitrogens with zero attached hydrogens (tertiary/aromatic N) is 4. The normalized spacial score (nSPS) is 10.8. The van der Waals surface area contributed by atoms with E-state index in [0.29, 0.717) is 28.2 Å². The van der Waals surface area contributed by atoms with Crippen molar-refractivity contribution >= 4 is 40.4 Å². The lowest BCUT2D eigenvalue weighted by Gasteiger charge is -2.12. The number of imidazole rings is 2. The molecular formula is C25H22N8O2. The number of pyridine rings is 1. The second kappa shape index (κ2) is 9.10. The number of para-hydroxylation sites is 1. The van der Waals surface area contributed by atoms with E-state index in [1.54, 1.807) is 42.7 Å². The van der Waals surface area contributed by atoms with E-state index in [2.05, 4.69) is 35.6 Å². The predicted molar refractivity (Wildman–Crippen MR) is 135 cm³/mol. The van der Waals surface area contributed by atoms with Crippen LogP contribution in [0.4, 0.5) is 17.6 Å². The number of aromatic amines is 2. The lowest BCUT2D eigenvalue weighted by molar-refractivity contribution is 0.101. The number of hydrogen-bond donors (Lipinski definition) is 4. The summed E-state index contributed by atoms with van der Waals surface area (Å²) in [6.07, 6.45) is 3.15. The van der Waals surface area contributed by atoms with Crippen LogP contribution >= 0.6 is 0 Å². The van der Waals surface area contributed by atoms with Crippen LogP contribution in [0.25, 0.3) is 22.3 Å². The molecule has 4 N–H and O–H groups in total. The second-order valence-corrected chi connectivity index (χ2v) is 7.98. The predicted octanol–water partition coefficient (Wildman–Crippen LogP) is 3.92. The van der Waals surface area contributed by atoms with Crippen LogP contribution in [0.15, 0.2) is 73.1 Å². The van der Waals surface area contributed by atoms with Crippen molar-refractivity contribution in [2.45, 2.75) is 0 Å². The molecule has 3 aromatic heterocycles. The van der Waals surface area contributed by atoms with E-state index in [-0.39, 0.29) is 17.5 Å². The van der Waals surface area contributed by atoms with Crippen LogP contribution in [-0.4, -0.2) is 50.8 Å². The number of hydrogen-bond acceptors (Lipinski definition) is 6. The first-order valence-corrected chi connectivity index (χ1v) is 10.8. The Bertz CT molecular complexity index is 1500. The summed E-state index contributed by atoms with van der Waals surface area (Å²) in [5.41, 5.74) is 4.28. The zero-order valence-corrected chi connectivity index (χ0v) is 19.0. The zero-order valence-electron chi connectivity index (χ0n) is 19.0. The van der Waals surface area contributed by atoms with Crippen LogP contribution in [0.5, 0.6) is 0 Å². The maximum atomic E-state index is 12.9. The largest absolute Gasteiger partial charge is 0.378 e. The summed E-state index contributed by atoms with van der Waals surface area (Å²) in [6, 6.07) is 18.4. The molecule has 10 nitrogen and oxygen atoms in total. The van der Waals surface area contributed by atoms with Gasteiger partial charge in [-0.2, -0.15) is 0 Å². The Labute approximate surface area is 200 Å². The Hall–Kier alpha value is -4.99. The Morgan fingerprint density at radius 1 is 0.857 bits per heavy atom. The van der Waals surface area contributed by atoms with Gasteiger partial charge in [-0.3, -0.25) is 20.2 Å². The number of carbonyl (C=O) groups excluding carboxylic acids is 2. The quantitative estimate of drug-likeness (QED) is 0.300. The number of benzene rings is 2. The van der Waals surface area contributed by atoms with Crippen molar-refractivity contribution in [1.29, 1.82) is 0 Å². The standard InChI is InChI=1S/C25H22N8O2/c1-33(2)16-11-9-15(10-12-16)18-6-4-8-20(28-18)23(35)32-25-29-19-7-3-5-17(21(19)30-25)22(34)31-24-26-13-14-27-24/h3-14H,1-2H3,(H2,26,27,31,34)(H2,29,30,32,35). The molecule has 5 rings (SSSR count). The SMILES string of the molecule is CN(C)c1ccc(-c2cccc(C(=O)Nc3nc4c(C(=O)Nc5ncc[nH]5)cccc4[nH]3)n2)cc1. The Morgan fingerprint density at radius 2 is 1.63 bits per heavy atom. The molecule has 2 aromatic carbocycles. The van der Waals surface area contributed by atoms with Gasteiger partial charge >= 0.3 is 0 Å². The second-order valence-electron chi connectivity index (χ2n) is 7.98. The third-order valence-corrected chi connectivity index (χ3v) is 5.38. The molecule has 0 aliphatic carbocycles. The molecule has 35 heavy (non-hydrogen) atoms. The monoisotopic (exact) mass is 466 g/mol. The number of rotatable bonds is 6. The number of H-pyrrole nitrogens is 2. The summed E-state index contributed by atoms with van der Waals surface area (Å²) in [5, 5.41) is 5.42. The van der Waals surface area contributed by atoms with Crippen molar-refractivity contribution in [1.82, 2.24) is 24.9 Å². The van der Waals surface area contributed by atoms with Gasteiger partial charge in [-0.1, -0.05) is 24.3 Å². The van der Waals surface area contributed by atoms with Crippen LogP contribution < -0.4 is 15.5 Å². The molecule has 2 amide bonds. The summed E-state index contributed by atoms with van der Waals surface area (Å²) < 4.78 is 0. The van der Waals surface area contributed by atoms with Gasteiger partial charge in [0.1, 0.15) is 11.2 Å². The summed E-state index contributed by atoms with van der Waals surface area (Å²) in [7, 11) is 3.95. The maximum Gasteiger partial charge on any atom is 0.276 e. The molecule has 0 aliphatic heterocycles. The molecule has 0 atom stereocenters. The fourth-order valence-corrected chi connectivity index (χ4v) is 3.61. The minimum absolute atomic E-state index is 0.214. The highest BCUT2D eigenvalue weighted by Gasteiger charge is 2.17. The van der Waals surface area contributed by atoms with Crippen molar-refractivity contribution in [3.63, 3.8) is 0 Å². The first kappa shape index (κ1) is 21.8. The molecule has 0 bridgehead atoms. The molecule has 3 heterocycles. The van der Waals surface area contributed by atoms with E-state index in [0.717, 1.165) is 11.3 Å². The first-order valence-electron chi connectivity index (χ1n) is 10.8. The number of amides is 2. The van der Waals surface area contributed by atoms with Gasteiger partial charge in [0.05, 0.1) is 16.8 Å². The Balaban J connectivity index is 1.36. The molecule has 0 radical (unpaired) electrons. The molecule has 0 unspecified atom stereocenters. The Kier molecular flexibility index (Phi) is 5.68. The van der Waals surface area contributed by atoms with Crippen LogP contribution in [0.1, 0.15) is 20.8 Å². The molecule has 0 spiro atoms. The van der Waals surface area contributed by atoms with Crippen molar-refractivity contribution in [3.05, 3.63) is 84.3 Å². The Morgan fingerprint density at radius 3 is 2.37 bits per heavy atom. The summed E-state index contributed by atoms with van der Waals surface area (Å²) in [5.74, 6) is -0.244. The highest BCUT2D eigenvalue weighted by Crippen LogP contribution is 2.22. The van der Waals surface area contributed by atoms with Gasteiger partial charge in [-0.25, -0.2) is 15.0 Å². The lowest BCUT2D eigenvalue weighted by Crippen LogP contribution is -2.15. The smallest absolute Gasteiger partial charge is 0.276 e. The summed E-state index contributed by atoms with van der Waals surface area (Å²) in [4.78, 5) is 46.4. The van der Waals surface area contributed by atoms with Gasteiger partial charge < -0.3 is 14.9 Å². The molecule has 0 aliphatic rings. The molecule has 0 fully saturated rings. The topological polar surface area (TPSA) is 132 Å². The maximum absolute atomic E-state index is 12.9. The number of anilines is 3. The molecule has 0 saturated carbocycles. The first-order chi connectivity index (χ1) is 17.0. The van der Waals surface area contributed by atoms with Crippen molar-refractivity contribution in [2.75, 3.05) is 29.6 Å². The van der Waals surface area contributed by atoms with Crippen LogP contribution in [-0.2, 0) is 0 Å². The fraction of sp³-hybridized carbons (Fsp3) is 0.0800. The van der Waals surface area contributed by atoms with E-state index >= 15 is 0 Å². The van der Waals surface area contributed by atoms with E-state index in [1.165, 1.54) is 0 Å². The molecule has 174 valence electrons. The van der Waals surface area contributed by atoms with E-state index in [4.69, 9.17) is 0 Å². The van der Waals surface area contributed by atoms with Gasteiger partial charge in [-0.05, 0) is 36.4 Å². The number of carbonyl (C=O) groups is 2. The van der Waals surface area contributed by atoms with Crippen molar-refractivity contribution in [2.24, 2.45) is 0 Å². The van der Waals surface area contributed by atoms with E-state index in [1.807, 2.05) is 49.3 Å². The summed E-state index contributed by atoms with van der Waals surface area (Å²) in [6.45, 7) is 0. The van der Waals surface area contributed by atoms with Crippen LogP contribution in [0.3, 0.4) is 0 Å². The molecule has 0 saturated heterocycles. The van der Waals surface area contributed by atoms with Gasteiger partial charge in [0, 0.05) is 37.7 Å². The third-order valence-electron chi connectivity index (χ3n) is 5.38. The average molecular weight is 467 g/mol. The summed E-state index contributed by atoms with van der Waals surface area (Å²) >= 11 is 0. The van der Waals surface area contributed by atoms with Gasteiger partial charge in [-0.15, -0.1) is 0 Å². The molecular weight excluding hydrogens is 444 g/mol. The lowest BCUT2D eigenvalue weighted by atomic mass is 10.1. The average Bonchev–Trinajstić information content (AvgIpc) is 3.53. The van der Waals surface area contributed by atoms with Crippen molar-refractivity contribution in [3.8, 4) is 11.3 Å². The van der Waals surface area contributed by atoms with Gasteiger partial charge in [0.2, 0.25) is 11.9 Å². The van der Waals surface area contributed by atoms with Crippen LogP contribution in [0, 0.1) is 0 Å². The fourth-order valence-electron chi connectivity index (χ4n) is 3.61. The van der Waals surface area contributed by atoms with Crippen LogP contribution in [0.2, 0.25) is 0 Å². The minimum atomic E-state index is -0.419. The van der Waals surface area contributed by atoms with Gasteiger partial charge in [0.25, 0.3) is 11.8 Å². The highest BCUT2D eigenvalue weighted by atomic mass is 16.2. The minimum Gasteiger partial charge on any atom is -0.378 e. The highest BCUT2D eigenvalue weighted by molar-refractivity contribution is 6.11. The molecule has 5 aromatic rings. The number of aromatic nitrogens is 5. The van der Waals surface area contributed by atoms with Gasteiger partial charge in [0.15, 0.2) is 0 Å². The number of nitrogens with one attached hydrogen (secondary N) is 4. The van der Waals surface area contributed by atoms with Crippen molar-refractivity contribution < 1.29 is 9.59 Å². The number of fused-ring (bicyclic) bond motifs is 1.